The lowest BCUT2D eigenvalue weighted by Gasteiger charge is -2.05. The molecule has 0 heterocycles. The molecule has 0 saturated heterocycles. The van der Waals surface area contributed by atoms with Crippen molar-refractivity contribution >= 4 is 27.5 Å². The van der Waals surface area contributed by atoms with Crippen molar-refractivity contribution in [1.82, 2.24) is 10.0 Å². The highest BCUT2D eigenvalue weighted by atomic mass is 35.5. The Labute approximate surface area is 112 Å². The number of benzene rings is 1. The molecule has 0 aliphatic rings. The van der Waals surface area contributed by atoms with Crippen LogP contribution in [0.4, 0.5) is 0 Å². The second kappa shape index (κ2) is 6.72. The molecule has 0 unspecified atom stereocenters. The Kier molecular flexibility index (Phi) is 5.58. The Morgan fingerprint density at radius 3 is 2.44 bits per heavy atom. The van der Waals surface area contributed by atoms with E-state index in [1.165, 1.54) is 7.05 Å². The molecule has 0 spiro atoms. The van der Waals surface area contributed by atoms with Gasteiger partial charge in [-0.25, -0.2) is 13.1 Å². The number of amides is 1. The molecule has 0 aliphatic heterocycles. The van der Waals surface area contributed by atoms with Gasteiger partial charge in [0.1, 0.15) is 0 Å². The molecule has 0 aliphatic carbocycles. The third-order valence-corrected chi connectivity index (χ3v) is 3.93. The van der Waals surface area contributed by atoms with Crippen LogP contribution in [0.15, 0.2) is 24.3 Å². The average molecular weight is 291 g/mol. The molecule has 100 valence electrons. The molecule has 0 atom stereocenters. The number of rotatable bonds is 6. The van der Waals surface area contributed by atoms with Gasteiger partial charge >= 0.3 is 0 Å². The van der Waals surface area contributed by atoms with Crippen molar-refractivity contribution in [3.05, 3.63) is 34.9 Å². The molecule has 1 rings (SSSR count). The van der Waals surface area contributed by atoms with E-state index >= 15 is 0 Å². The van der Waals surface area contributed by atoms with Gasteiger partial charge < -0.3 is 5.32 Å². The van der Waals surface area contributed by atoms with Gasteiger partial charge in [-0.1, -0.05) is 23.7 Å². The van der Waals surface area contributed by atoms with E-state index in [0.29, 0.717) is 11.6 Å². The van der Waals surface area contributed by atoms with E-state index in [2.05, 4.69) is 10.0 Å². The second-order valence-corrected chi connectivity index (χ2v) is 6.16. The summed E-state index contributed by atoms with van der Waals surface area (Å²) in [6, 6.07) is 7.06. The Morgan fingerprint density at radius 1 is 1.28 bits per heavy atom. The predicted octanol–water partition coefficient (Wildman–Crippen LogP) is 0.896. The summed E-state index contributed by atoms with van der Waals surface area (Å²) in [7, 11) is -2.01. The largest absolute Gasteiger partial charge is 0.352 e. The van der Waals surface area contributed by atoms with Crippen LogP contribution in [0.2, 0.25) is 5.02 Å². The molecule has 0 aromatic heterocycles. The van der Waals surface area contributed by atoms with Gasteiger partial charge in [0, 0.05) is 18.0 Å². The smallest absolute Gasteiger partial charge is 0.221 e. The highest BCUT2D eigenvalue weighted by Crippen LogP contribution is 2.09. The van der Waals surface area contributed by atoms with Crippen LogP contribution in [0.1, 0.15) is 12.0 Å². The van der Waals surface area contributed by atoms with Crippen LogP contribution < -0.4 is 10.0 Å². The minimum Gasteiger partial charge on any atom is -0.352 e. The Morgan fingerprint density at radius 2 is 1.89 bits per heavy atom. The molecular formula is C11H15ClN2O3S. The summed E-state index contributed by atoms with van der Waals surface area (Å²) < 4.78 is 24.4. The minimum atomic E-state index is -3.33. The van der Waals surface area contributed by atoms with E-state index in [-0.39, 0.29) is 18.1 Å². The van der Waals surface area contributed by atoms with Gasteiger partial charge in [0.05, 0.1) is 5.75 Å². The number of carbonyl (C=O) groups is 1. The molecule has 0 fully saturated rings. The summed E-state index contributed by atoms with van der Waals surface area (Å²) >= 11 is 5.73. The molecule has 2 N–H and O–H groups in total. The molecule has 0 radical (unpaired) electrons. The third kappa shape index (κ3) is 5.48. The standard InChI is InChI=1S/C11H15ClN2O3S/c1-13-18(16,17)7-6-11(15)14-8-9-2-4-10(12)5-3-9/h2-5,13H,6-8H2,1H3,(H,14,15). The predicted molar refractivity (Wildman–Crippen MR) is 70.8 cm³/mol. The highest BCUT2D eigenvalue weighted by molar-refractivity contribution is 7.89. The SMILES string of the molecule is CNS(=O)(=O)CCC(=O)NCc1ccc(Cl)cc1. The first-order valence-electron chi connectivity index (χ1n) is 5.35. The van der Waals surface area contributed by atoms with Crippen LogP contribution in [0.25, 0.3) is 0 Å². The first kappa shape index (κ1) is 14.9. The molecule has 0 saturated carbocycles. The maximum atomic E-state index is 11.4. The van der Waals surface area contributed by atoms with Gasteiger partial charge in [-0.05, 0) is 24.7 Å². The van der Waals surface area contributed by atoms with Crippen LogP contribution in [0, 0.1) is 0 Å². The second-order valence-electron chi connectivity index (χ2n) is 3.68. The molecule has 5 nitrogen and oxygen atoms in total. The Hall–Kier alpha value is -1.11. The van der Waals surface area contributed by atoms with Gasteiger partial charge in [-0.15, -0.1) is 0 Å². The van der Waals surface area contributed by atoms with Crippen LogP contribution in [0.5, 0.6) is 0 Å². The highest BCUT2D eigenvalue weighted by Gasteiger charge is 2.10. The zero-order valence-electron chi connectivity index (χ0n) is 9.94. The van der Waals surface area contributed by atoms with Crippen molar-refractivity contribution in [3.63, 3.8) is 0 Å². The van der Waals surface area contributed by atoms with E-state index in [1.54, 1.807) is 24.3 Å². The van der Waals surface area contributed by atoms with Crippen molar-refractivity contribution in [2.45, 2.75) is 13.0 Å². The van der Waals surface area contributed by atoms with E-state index in [9.17, 15) is 13.2 Å². The summed E-state index contributed by atoms with van der Waals surface area (Å²) in [6.45, 7) is 0.357. The molecule has 1 aromatic carbocycles. The third-order valence-electron chi connectivity index (χ3n) is 2.31. The normalized spacial score (nSPS) is 11.2. The Balaban J connectivity index is 2.36. The van der Waals surface area contributed by atoms with E-state index in [0.717, 1.165) is 5.56 Å². The van der Waals surface area contributed by atoms with Gasteiger partial charge in [0.25, 0.3) is 0 Å². The summed E-state index contributed by atoms with van der Waals surface area (Å²) in [5.74, 6) is -0.514. The fourth-order valence-corrected chi connectivity index (χ4v) is 2.00. The number of carbonyl (C=O) groups excluding carboxylic acids is 1. The summed E-state index contributed by atoms with van der Waals surface area (Å²) in [6.07, 6.45) is -0.0588. The van der Waals surface area contributed by atoms with Crippen molar-refractivity contribution in [3.8, 4) is 0 Å². The zero-order chi connectivity index (χ0) is 13.6. The number of nitrogens with one attached hydrogen (secondary N) is 2. The number of hydrogen-bond acceptors (Lipinski definition) is 3. The van der Waals surface area contributed by atoms with Gasteiger partial charge in [-0.2, -0.15) is 0 Å². The topological polar surface area (TPSA) is 75.3 Å². The average Bonchev–Trinajstić information content (AvgIpc) is 2.36. The monoisotopic (exact) mass is 290 g/mol. The minimum absolute atomic E-state index is 0.0588. The van der Waals surface area contributed by atoms with Crippen molar-refractivity contribution < 1.29 is 13.2 Å². The van der Waals surface area contributed by atoms with Crippen molar-refractivity contribution in [2.75, 3.05) is 12.8 Å². The maximum absolute atomic E-state index is 11.4. The van der Waals surface area contributed by atoms with Crippen LogP contribution in [0.3, 0.4) is 0 Å². The summed E-state index contributed by atoms with van der Waals surface area (Å²) in [4.78, 5) is 11.4. The summed E-state index contributed by atoms with van der Waals surface area (Å²) in [5.41, 5.74) is 0.907. The van der Waals surface area contributed by atoms with Crippen LogP contribution in [-0.2, 0) is 21.4 Å². The van der Waals surface area contributed by atoms with Gasteiger partial charge in [0.15, 0.2) is 0 Å². The molecule has 1 amide bonds. The molecule has 1 aromatic rings. The fraction of sp³-hybridized carbons (Fsp3) is 0.364. The number of sulfonamides is 1. The van der Waals surface area contributed by atoms with Gasteiger partial charge in [0.2, 0.25) is 15.9 Å². The van der Waals surface area contributed by atoms with Crippen LogP contribution >= 0.6 is 11.6 Å². The van der Waals surface area contributed by atoms with E-state index in [4.69, 9.17) is 11.6 Å². The molecule has 0 bridgehead atoms. The zero-order valence-corrected chi connectivity index (χ0v) is 11.5. The lowest BCUT2D eigenvalue weighted by Crippen LogP contribution is -2.28. The fourth-order valence-electron chi connectivity index (χ4n) is 1.22. The van der Waals surface area contributed by atoms with Crippen molar-refractivity contribution in [2.24, 2.45) is 0 Å². The lowest BCUT2D eigenvalue weighted by atomic mass is 10.2. The summed E-state index contributed by atoms with van der Waals surface area (Å²) in [5, 5.41) is 3.27. The number of halogens is 1. The van der Waals surface area contributed by atoms with Crippen molar-refractivity contribution in [1.29, 1.82) is 0 Å². The lowest BCUT2D eigenvalue weighted by molar-refractivity contribution is -0.120. The first-order chi connectivity index (χ1) is 8.43. The molecular weight excluding hydrogens is 276 g/mol. The quantitative estimate of drug-likeness (QED) is 0.817. The van der Waals surface area contributed by atoms with E-state index < -0.39 is 10.0 Å². The molecule has 7 heteroatoms. The van der Waals surface area contributed by atoms with Gasteiger partial charge in [-0.3, -0.25) is 4.79 Å². The maximum Gasteiger partial charge on any atom is 0.221 e. The van der Waals surface area contributed by atoms with E-state index in [1.807, 2.05) is 0 Å². The van der Waals surface area contributed by atoms with Crippen LogP contribution in [-0.4, -0.2) is 27.1 Å². The Bertz CT molecular complexity index is 500. The molecule has 18 heavy (non-hydrogen) atoms. The number of hydrogen-bond donors (Lipinski definition) is 2. The first-order valence-corrected chi connectivity index (χ1v) is 7.38.